The zero-order valence-electron chi connectivity index (χ0n) is 12.8. The third kappa shape index (κ3) is 3.84. The molecule has 1 aromatic heterocycles. The van der Waals surface area contributed by atoms with Crippen molar-refractivity contribution >= 4 is 5.91 Å². The van der Waals surface area contributed by atoms with Gasteiger partial charge in [-0.05, 0) is 18.9 Å². The highest BCUT2D eigenvalue weighted by Crippen LogP contribution is 2.21. The molecule has 1 aliphatic rings. The molecule has 1 aliphatic heterocycles. The number of hydrogen-bond donors (Lipinski definition) is 1. The van der Waals surface area contributed by atoms with Gasteiger partial charge in [-0.3, -0.25) is 9.78 Å². The zero-order chi connectivity index (χ0) is 16.1. The van der Waals surface area contributed by atoms with Gasteiger partial charge >= 0.3 is 0 Å². The molecule has 1 fully saturated rings. The average molecular weight is 313 g/mol. The van der Waals surface area contributed by atoms with E-state index in [1.807, 2.05) is 12.1 Å². The molecule has 1 amide bonds. The molecule has 1 unspecified atom stereocenters. The Kier molecular flexibility index (Phi) is 4.83. The summed E-state index contributed by atoms with van der Waals surface area (Å²) in [5.41, 5.74) is 0.989. The fourth-order valence-corrected chi connectivity index (χ4v) is 2.68. The summed E-state index contributed by atoms with van der Waals surface area (Å²) in [5, 5.41) is 9.98. The van der Waals surface area contributed by atoms with Crippen LogP contribution in [0.2, 0.25) is 0 Å². The molecule has 120 valence electrons. The van der Waals surface area contributed by atoms with Gasteiger partial charge < -0.3 is 14.7 Å². The number of rotatable bonds is 5. The molecule has 0 radical (unpaired) electrons. The molecule has 1 aromatic carbocycles. The van der Waals surface area contributed by atoms with E-state index in [1.165, 1.54) is 18.6 Å². The van der Waals surface area contributed by atoms with Gasteiger partial charge in [-0.1, -0.05) is 18.2 Å². The summed E-state index contributed by atoms with van der Waals surface area (Å²) in [6.45, 7) is 1.51. The van der Waals surface area contributed by atoms with Gasteiger partial charge in [-0.2, -0.15) is 0 Å². The second-order valence-electron chi connectivity index (χ2n) is 5.54. The molecule has 2 aromatic rings. The van der Waals surface area contributed by atoms with Gasteiger partial charge in [-0.15, -0.1) is 0 Å². The van der Waals surface area contributed by atoms with Gasteiger partial charge in [-0.25, -0.2) is 4.98 Å². The molecule has 2 heterocycles. The number of phenolic OH excluding ortho intramolecular Hbond substituents is 1. The molecule has 1 N–H and O–H groups in total. The van der Waals surface area contributed by atoms with Crippen molar-refractivity contribution in [3.05, 3.63) is 54.1 Å². The second-order valence-corrected chi connectivity index (χ2v) is 5.54. The van der Waals surface area contributed by atoms with Crippen molar-refractivity contribution < 1.29 is 14.6 Å². The third-order valence-corrected chi connectivity index (χ3v) is 3.87. The van der Waals surface area contributed by atoms with Crippen molar-refractivity contribution in [3.63, 3.8) is 0 Å². The quantitative estimate of drug-likeness (QED) is 0.914. The molecule has 0 aliphatic carbocycles. The number of amides is 1. The predicted octanol–water partition coefficient (Wildman–Crippen LogP) is 2.00. The van der Waals surface area contributed by atoms with Crippen molar-refractivity contribution in [1.29, 1.82) is 0 Å². The van der Waals surface area contributed by atoms with Gasteiger partial charge in [0.15, 0.2) is 0 Å². The van der Waals surface area contributed by atoms with Crippen LogP contribution < -0.4 is 0 Å². The molecular weight excluding hydrogens is 294 g/mol. The molecule has 6 heteroatoms. The minimum Gasteiger partial charge on any atom is -0.508 e. The van der Waals surface area contributed by atoms with Gasteiger partial charge in [0.05, 0.1) is 12.3 Å². The van der Waals surface area contributed by atoms with Gasteiger partial charge in [0, 0.05) is 37.7 Å². The lowest BCUT2D eigenvalue weighted by Crippen LogP contribution is -2.37. The van der Waals surface area contributed by atoms with Crippen LogP contribution in [-0.2, 0) is 11.3 Å². The number of ether oxygens (including phenoxy) is 1. The van der Waals surface area contributed by atoms with E-state index in [0.717, 1.165) is 19.4 Å². The minimum absolute atomic E-state index is 0.0291. The summed E-state index contributed by atoms with van der Waals surface area (Å²) >= 11 is 0. The van der Waals surface area contributed by atoms with Crippen LogP contribution in [0.5, 0.6) is 5.75 Å². The maximum atomic E-state index is 12.7. The summed E-state index contributed by atoms with van der Waals surface area (Å²) in [7, 11) is 0. The van der Waals surface area contributed by atoms with E-state index in [2.05, 4.69) is 9.97 Å². The topological polar surface area (TPSA) is 75.6 Å². The Balaban J connectivity index is 1.81. The highest BCUT2D eigenvalue weighted by Gasteiger charge is 2.25. The first-order chi connectivity index (χ1) is 11.2. The molecule has 23 heavy (non-hydrogen) atoms. The SMILES string of the molecule is O=C(c1cnccn1)N(Cc1ccccc1O)CC1CCCO1. The van der Waals surface area contributed by atoms with Crippen molar-refractivity contribution in [2.24, 2.45) is 0 Å². The fraction of sp³-hybridized carbons (Fsp3) is 0.353. The van der Waals surface area contributed by atoms with Crippen molar-refractivity contribution in [2.75, 3.05) is 13.2 Å². The lowest BCUT2D eigenvalue weighted by atomic mass is 10.1. The number of carbonyl (C=O) groups is 1. The first-order valence-electron chi connectivity index (χ1n) is 7.68. The van der Waals surface area contributed by atoms with E-state index < -0.39 is 0 Å². The fourth-order valence-electron chi connectivity index (χ4n) is 2.68. The van der Waals surface area contributed by atoms with Crippen LogP contribution in [0.1, 0.15) is 28.9 Å². The summed E-state index contributed by atoms with van der Waals surface area (Å²) in [6.07, 6.45) is 6.46. The maximum absolute atomic E-state index is 12.7. The standard InChI is InChI=1S/C17H19N3O3/c21-16-6-2-1-4-13(16)11-20(12-14-5-3-9-23-14)17(22)15-10-18-7-8-19-15/h1-2,4,6-8,10,14,21H,3,5,9,11-12H2. The predicted molar refractivity (Wildman–Crippen MR) is 83.9 cm³/mol. The number of para-hydroxylation sites is 1. The summed E-state index contributed by atoms with van der Waals surface area (Å²) in [5.74, 6) is -0.0337. The molecular formula is C17H19N3O3. The molecule has 3 rings (SSSR count). The maximum Gasteiger partial charge on any atom is 0.274 e. The number of aromatic nitrogens is 2. The van der Waals surface area contributed by atoms with Crippen LogP contribution in [0, 0.1) is 0 Å². The Morgan fingerprint density at radius 1 is 1.35 bits per heavy atom. The Morgan fingerprint density at radius 3 is 2.91 bits per heavy atom. The molecule has 0 saturated carbocycles. The van der Waals surface area contributed by atoms with Crippen LogP contribution in [0.25, 0.3) is 0 Å². The Hall–Kier alpha value is -2.47. The number of benzene rings is 1. The van der Waals surface area contributed by atoms with E-state index >= 15 is 0 Å². The van der Waals surface area contributed by atoms with Crippen LogP contribution in [0.3, 0.4) is 0 Å². The number of hydrogen-bond acceptors (Lipinski definition) is 5. The average Bonchev–Trinajstić information content (AvgIpc) is 3.09. The number of phenols is 1. The Labute approximate surface area is 134 Å². The number of nitrogens with zero attached hydrogens (tertiary/aromatic N) is 3. The first kappa shape index (κ1) is 15.4. The van der Waals surface area contributed by atoms with Crippen LogP contribution in [0.15, 0.2) is 42.9 Å². The van der Waals surface area contributed by atoms with E-state index in [-0.39, 0.29) is 17.8 Å². The van der Waals surface area contributed by atoms with E-state index in [1.54, 1.807) is 17.0 Å². The number of aromatic hydroxyl groups is 1. The van der Waals surface area contributed by atoms with Gasteiger partial charge in [0.25, 0.3) is 5.91 Å². The van der Waals surface area contributed by atoms with Gasteiger partial charge in [0.1, 0.15) is 11.4 Å². The highest BCUT2D eigenvalue weighted by molar-refractivity contribution is 5.92. The smallest absolute Gasteiger partial charge is 0.274 e. The molecule has 0 bridgehead atoms. The number of carbonyl (C=O) groups excluding carboxylic acids is 1. The molecule has 1 atom stereocenters. The molecule has 6 nitrogen and oxygen atoms in total. The molecule has 0 spiro atoms. The Bertz CT molecular complexity index is 657. The summed E-state index contributed by atoms with van der Waals surface area (Å²) < 4.78 is 5.64. The summed E-state index contributed by atoms with van der Waals surface area (Å²) in [4.78, 5) is 22.4. The normalized spacial score (nSPS) is 17.1. The van der Waals surface area contributed by atoms with Crippen molar-refractivity contribution in [1.82, 2.24) is 14.9 Å². The highest BCUT2D eigenvalue weighted by atomic mass is 16.5. The van der Waals surface area contributed by atoms with Gasteiger partial charge in [0.2, 0.25) is 0 Å². The van der Waals surface area contributed by atoms with Crippen molar-refractivity contribution in [2.45, 2.75) is 25.5 Å². The second kappa shape index (κ2) is 7.19. The lowest BCUT2D eigenvalue weighted by Gasteiger charge is -2.25. The van der Waals surface area contributed by atoms with Crippen LogP contribution in [-0.4, -0.2) is 45.1 Å². The van der Waals surface area contributed by atoms with E-state index in [4.69, 9.17) is 4.74 Å². The molecule has 1 saturated heterocycles. The zero-order valence-corrected chi connectivity index (χ0v) is 12.8. The third-order valence-electron chi connectivity index (χ3n) is 3.87. The Morgan fingerprint density at radius 2 is 2.22 bits per heavy atom. The largest absolute Gasteiger partial charge is 0.508 e. The minimum atomic E-state index is -0.211. The van der Waals surface area contributed by atoms with Crippen molar-refractivity contribution in [3.8, 4) is 5.75 Å². The first-order valence-corrected chi connectivity index (χ1v) is 7.68. The summed E-state index contributed by atoms with van der Waals surface area (Å²) in [6, 6.07) is 7.02. The van der Waals surface area contributed by atoms with E-state index in [9.17, 15) is 9.90 Å². The monoisotopic (exact) mass is 313 g/mol. The van der Waals surface area contributed by atoms with Crippen LogP contribution in [0.4, 0.5) is 0 Å². The van der Waals surface area contributed by atoms with Crippen LogP contribution >= 0.6 is 0 Å². The van der Waals surface area contributed by atoms with E-state index in [0.29, 0.717) is 24.3 Å². The lowest BCUT2D eigenvalue weighted by molar-refractivity contribution is 0.0501.